The number of nitrogens with zero attached hydrogens (tertiary/aromatic N) is 1. The van der Waals surface area contributed by atoms with E-state index < -0.39 is 0 Å². The second-order valence-electron chi connectivity index (χ2n) is 8.28. The van der Waals surface area contributed by atoms with Crippen LogP contribution in [0, 0.1) is 0 Å². The Morgan fingerprint density at radius 1 is 1.06 bits per heavy atom. The van der Waals surface area contributed by atoms with E-state index in [9.17, 15) is 4.79 Å². The number of hydrogen-bond acceptors (Lipinski definition) is 4. The standard InChI is InChI=1S/C25H23BrN2O3/c1-25(2,3)16-6-8-17(9-7-16)30-15-18-10-13-22(31-18)24(29)28-21-12-11-20(26)19-5-4-14-27-23(19)21/h4-14H,15H2,1-3H3,(H,28,29). The van der Waals surface area contributed by atoms with Gasteiger partial charge in [0.2, 0.25) is 0 Å². The van der Waals surface area contributed by atoms with E-state index in [1.54, 1.807) is 18.3 Å². The molecule has 2 aromatic carbocycles. The Morgan fingerprint density at radius 3 is 2.58 bits per heavy atom. The van der Waals surface area contributed by atoms with Gasteiger partial charge < -0.3 is 14.5 Å². The van der Waals surface area contributed by atoms with Crippen molar-refractivity contribution in [1.29, 1.82) is 0 Å². The molecular formula is C25H23BrN2O3. The molecule has 0 bridgehead atoms. The number of fused-ring (bicyclic) bond motifs is 1. The van der Waals surface area contributed by atoms with Crippen LogP contribution in [0.15, 0.2) is 75.8 Å². The first-order chi connectivity index (χ1) is 14.8. The third kappa shape index (κ3) is 4.80. The van der Waals surface area contributed by atoms with Gasteiger partial charge in [0.15, 0.2) is 5.76 Å². The lowest BCUT2D eigenvalue weighted by atomic mass is 9.87. The number of aromatic nitrogens is 1. The number of rotatable bonds is 5. The summed E-state index contributed by atoms with van der Waals surface area (Å²) >= 11 is 3.51. The summed E-state index contributed by atoms with van der Waals surface area (Å²) in [5.74, 6) is 1.20. The minimum Gasteiger partial charge on any atom is -0.486 e. The summed E-state index contributed by atoms with van der Waals surface area (Å²) in [6, 6.07) is 18.9. The van der Waals surface area contributed by atoms with Crippen molar-refractivity contribution in [2.75, 3.05) is 5.32 Å². The number of ether oxygens (including phenoxy) is 1. The number of amides is 1. The molecule has 0 aliphatic heterocycles. The average Bonchev–Trinajstić information content (AvgIpc) is 3.23. The first-order valence-electron chi connectivity index (χ1n) is 9.98. The fraction of sp³-hybridized carbons (Fsp3) is 0.200. The van der Waals surface area contributed by atoms with Crippen molar-refractivity contribution < 1.29 is 13.9 Å². The summed E-state index contributed by atoms with van der Waals surface area (Å²) in [5, 5.41) is 3.80. The summed E-state index contributed by atoms with van der Waals surface area (Å²) in [7, 11) is 0. The predicted octanol–water partition coefficient (Wildman–Crippen LogP) is 6.72. The van der Waals surface area contributed by atoms with Gasteiger partial charge in [0.25, 0.3) is 5.91 Å². The molecule has 158 valence electrons. The first kappa shape index (κ1) is 21.1. The van der Waals surface area contributed by atoms with E-state index in [-0.39, 0.29) is 23.7 Å². The SMILES string of the molecule is CC(C)(C)c1ccc(OCc2ccc(C(=O)Nc3ccc(Br)c4cccnc34)o2)cc1. The van der Waals surface area contributed by atoms with Crippen LogP contribution in [0.25, 0.3) is 10.9 Å². The Bertz CT molecular complexity index is 1220. The molecule has 6 heteroatoms. The maximum Gasteiger partial charge on any atom is 0.291 e. The number of furan rings is 1. The van der Waals surface area contributed by atoms with Crippen LogP contribution in [0.3, 0.4) is 0 Å². The quantitative estimate of drug-likeness (QED) is 0.345. The van der Waals surface area contributed by atoms with Gasteiger partial charge in [-0.2, -0.15) is 0 Å². The lowest BCUT2D eigenvalue weighted by Gasteiger charge is -2.19. The highest BCUT2D eigenvalue weighted by Crippen LogP contribution is 2.29. The molecule has 5 nitrogen and oxygen atoms in total. The Kier molecular flexibility index (Phi) is 5.83. The van der Waals surface area contributed by atoms with Crippen molar-refractivity contribution in [2.24, 2.45) is 0 Å². The van der Waals surface area contributed by atoms with Gasteiger partial charge in [0.05, 0.1) is 11.2 Å². The molecule has 4 rings (SSSR count). The van der Waals surface area contributed by atoms with Crippen LogP contribution >= 0.6 is 15.9 Å². The summed E-state index contributed by atoms with van der Waals surface area (Å²) in [5.41, 5.74) is 2.67. The molecule has 0 spiro atoms. The number of anilines is 1. The van der Waals surface area contributed by atoms with Crippen molar-refractivity contribution in [2.45, 2.75) is 32.8 Å². The maximum atomic E-state index is 12.7. The Hall–Kier alpha value is -3.12. The zero-order valence-electron chi connectivity index (χ0n) is 17.6. The van der Waals surface area contributed by atoms with Crippen LogP contribution < -0.4 is 10.1 Å². The normalized spacial score (nSPS) is 11.5. The smallest absolute Gasteiger partial charge is 0.291 e. The Morgan fingerprint density at radius 2 is 1.84 bits per heavy atom. The molecule has 0 aliphatic rings. The first-order valence-corrected chi connectivity index (χ1v) is 10.8. The lowest BCUT2D eigenvalue weighted by molar-refractivity contribution is 0.0992. The fourth-order valence-corrected chi connectivity index (χ4v) is 3.66. The van der Waals surface area contributed by atoms with Crippen molar-refractivity contribution >= 4 is 38.4 Å². The number of carbonyl (C=O) groups is 1. The van der Waals surface area contributed by atoms with E-state index in [4.69, 9.17) is 9.15 Å². The molecule has 0 atom stereocenters. The third-order valence-electron chi connectivity index (χ3n) is 4.95. The molecule has 2 aromatic heterocycles. The topological polar surface area (TPSA) is 64.4 Å². The maximum absolute atomic E-state index is 12.7. The van der Waals surface area contributed by atoms with E-state index in [2.05, 4.69) is 59.1 Å². The van der Waals surface area contributed by atoms with Gasteiger partial charge in [-0.3, -0.25) is 9.78 Å². The molecule has 0 radical (unpaired) electrons. The van der Waals surface area contributed by atoms with E-state index >= 15 is 0 Å². The highest BCUT2D eigenvalue weighted by molar-refractivity contribution is 9.10. The molecule has 4 aromatic rings. The molecule has 0 unspecified atom stereocenters. The van der Waals surface area contributed by atoms with Crippen molar-refractivity contribution in [3.8, 4) is 5.75 Å². The molecular weight excluding hydrogens is 456 g/mol. The van der Waals surface area contributed by atoms with Gasteiger partial charge in [-0.1, -0.05) is 54.9 Å². The van der Waals surface area contributed by atoms with Gasteiger partial charge in [-0.25, -0.2) is 0 Å². The molecule has 2 heterocycles. The summed E-state index contributed by atoms with van der Waals surface area (Å²) < 4.78 is 12.4. The Balaban J connectivity index is 1.42. The molecule has 31 heavy (non-hydrogen) atoms. The number of nitrogens with one attached hydrogen (secondary N) is 1. The van der Waals surface area contributed by atoms with Crippen LogP contribution in [0.4, 0.5) is 5.69 Å². The number of hydrogen-bond donors (Lipinski definition) is 1. The lowest BCUT2D eigenvalue weighted by Crippen LogP contribution is -2.11. The van der Waals surface area contributed by atoms with Crippen LogP contribution in [-0.2, 0) is 12.0 Å². The van der Waals surface area contributed by atoms with Crippen LogP contribution in [0.2, 0.25) is 0 Å². The molecule has 0 fully saturated rings. The number of halogens is 1. The highest BCUT2D eigenvalue weighted by atomic mass is 79.9. The van der Waals surface area contributed by atoms with E-state index in [0.29, 0.717) is 17.0 Å². The summed E-state index contributed by atoms with van der Waals surface area (Å²) in [6.07, 6.45) is 1.70. The third-order valence-corrected chi connectivity index (χ3v) is 5.64. The minimum atomic E-state index is -0.338. The zero-order chi connectivity index (χ0) is 22.0. The number of pyridine rings is 1. The molecule has 0 saturated heterocycles. The van der Waals surface area contributed by atoms with Crippen molar-refractivity contribution in [1.82, 2.24) is 4.98 Å². The second kappa shape index (κ2) is 8.55. The van der Waals surface area contributed by atoms with E-state index in [0.717, 1.165) is 15.6 Å². The van der Waals surface area contributed by atoms with Crippen molar-refractivity contribution in [3.05, 3.63) is 88.4 Å². The summed E-state index contributed by atoms with van der Waals surface area (Å²) in [4.78, 5) is 17.1. The average molecular weight is 479 g/mol. The zero-order valence-corrected chi connectivity index (χ0v) is 19.2. The number of benzene rings is 2. The second-order valence-corrected chi connectivity index (χ2v) is 9.13. The Labute approximate surface area is 189 Å². The van der Waals surface area contributed by atoms with Gasteiger partial charge in [0, 0.05) is 16.1 Å². The van der Waals surface area contributed by atoms with Gasteiger partial charge in [-0.05, 0) is 53.4 Å². The molecule has 0 saturated carbocycles. The predicted molar refractivity (Wildman–Crippen MR) is 126 cm³/mol. The van der Waals surface area contributed by atoms with E-state index in [1.807, 2.05) is 36.4 Å². The van der Waals surface area contributed by atoms with Gasteiger partial charge >= 0.3 is 0 Å². The fourth-order valence-electron chi connectivity index (χ4n) is 3.21. The monoisotopic (exact) mass is 478 g/mol. The molecule has 1 N–H and O–H groups in total. The van der Waals surface area contributed by atoms with Crippen molar-refractivity contribution in [3.63, 3.8) is 0 Å². The van der Waals surface area contributed by atoms with Crippen LogP contribution in [-0.4, -0.2) is 10.9 Å². The summed E-state index contributed by atoms with van der Waals surface area (Å²) in [6.45, 7) is 6.76. The minimum absolute atomic E-state index is 0.0947. The molecule has 0 aliphatic carbocycles. The largest absolute Gasteiger partial charge is 0.486 e. The highest BCUT2D eigenvalue weighted by Gasteiger charge is 2.15. The van der Waals surface area contributed by atoms with Crippen LogP contribution in [0.1, 0.15) is 42.6 Å². The number of carbonyl (C=O) groups excluding carboxylic acids is 1. The van der Waals surface area contributed by atoms with Gasteiger partial charge in [-0.15, -0.1) is 0 Å². The van der Waals surface area contributed by atoms with Gasteiger partial charge in [0.1, 0.15) is 18.1 Å². The molecule has 1 amide bonds. The van der Waals surface area contributed by atoms with E-state index in [1.165, 1.54) is 5.56 Å². The van der Waals surface area contributed by atoms with Crippen LogP contribution in [0.5, 0.6) is 5.75 Å².